The van der Waals surface area contributed by atoms with E-state index in [9.17, 15) is 14.0 Å². The first-order valence-electron chi connectivity index (χ1n) is 10.4. The van der Waals surface area contributed by atoms with E-state index >= 15 is 0 Å². The average molecular weight is 516 g/mol. The number of amides is 2. The first-order valence-corrected chi connectivity index (χ1v) is 12.1. The second kappa shape index (κ2) is 11.0. The monoisotopic (exact) mass is 515 g/mol. The molecule has 2 N–H and O–H groups in total. The first kappa shape index (κ1) is 24.1. The van der Waals surface area contributed by atoms with Crippen molar-refractivity contribution in [2.45, 2.75) is 11.4 Å². The number of para-hydroxylation sites is 2. The van der Waals surface area contributed by atoms with Gasteiger partial charge >= 0.3 is 0 Å². The number of fused-ring (bicyclic) bond motifs is 1. The van der Waals surface area contributed by atoms with E-state index in [0.29, 0.717) is 28.7 Å². The molecule has 0 aliphatic heterocycles. The van der Waals surface area contributed by atoms with Crippen molar-refractivity contribution in [2.75, 3.05) is 17.6 Å². The van der Waals surface area contributed by atoms with Crippen molar-refractivity contribution in [1.29, 1.82) is 0 Å². The predicted octanol–water partition coefficient (Wildman–Crippen LogP) is 6.25. The van der Waals surface area contributed by atoms with Crippen LogP contribution in [0.3, 0.4) is 0 Å². The summed E-state index contributed by atoms with van der Waals surface area (Å²) in [7, 11) is 0. The van der Waals surface area contributed by atoms with Crippen LogP contribution in [0.5, 0.6) is 0 Å². The van der Waals surface area contributed by atoms with E-state index in [1.807, 2.05) is 35.0 Å². The van der Waals surface area contributed by atoms with Gasteiger partial charge < -0.3 is 15.2 Å². The van der Waals surface area contributed by atoms with Crippen LogP contribution >= 0.6 is 35.0 Å². The van der Waals surface area contributed by atoms with Crippen LogP contribution in [-0.2, 0) is 11.3 Å². The number of nitrogens with zero attached hydrogens (tertiary/aromatic N) is 1. The van der Waals surface area contributed by atoms with Crippen molar-refractivity contribution in [3.63, 3.8) is 0 Å². The lowest BCUT2D eigenvalue weighted by molar-refractivity contribution is -0.113. The topological polar surface area (TPSA) is 63.1 Å². The number of carbonyl (C=O) groups is 2. The summed E-state index contributed by atoms with van der Waals surface area (Å²) in [5.74, 6) is -0.912. The molecule has 0 saturated heterocycles. The van der Waals surface area contributed by atoms with Gasteiger partial charge in [-0.1, -0.05) is 53.5 Å². The summed E-state index contributed by atoms with van der Waals surface area (Å²) >= 11 is 13.4. The molecule has 2 amide bonds. The Morgan fingerprint density at radius 1 is 1.00 bits per heavy atom. The number of carbonyl (C=O) groups excluding carboxylic acids is 2. The molecule has 1 aromatic heterocycles. The lowest BCUT2D eigenvalue weighted by Crippen LogP contribution is -2.27. The van der Waals surface area contributed by atoms with Crippen molar-refractivity contribution in [3.8, 4) is 0 Å². The summed E-state index contributed by atoms with van der Waals surface area (Å²) in [4.78, 5) is 25.7. The summed E-state index contributed by atoms with van der Waals surface area (Å²) in [6.45, 7) is 0.911. The summed E-state index contributed by atoms with van der Waals surface area (Å²) in [5.41, 5.74) is 1.51. The highest BCUT2D eigenvalue weighted by Gasteiger charge is 2.13. The fraction of sp³-hybridized carbons (Fsp3) is 0.120. The molecule has 0 fully saturated rings. The summed E-state index contributed by atoms with van der Waals surface area (Å²) < 4.78 is 15.8. The Kier molecular flexibility index (Phi) is 7.77. The number of benzene rings is 3. The van der Waals surface area contributed by atoms with Gasteiger partial charge in [-0.3, -0.25) is 9.59 Å². The van der Waals surface area contributed by atoms with Crippen LogP contribution in [0.2, 0.25) is 10.0 Å². The predicted molar refractivity (Wildman–Crippen MR) is 136 cm³/mol. The minimum absolute atomic E-state index is 0.133. The zero-order valence-electron chi connectivity index (χ0n) is 17.9. The molecular formula is C25H20Cl2FN3O2S. The molecule has 174 valence electrons. The SMILES string of the molecule is O=C(CSc1cn(CCNC(=O)c2ccc(Cl)cc2Cl)c2ccccc12)Nc1ccccc1F. The number of anilines is 1. The summed E-state index contributed by atoms with van der Waals surface area (Å²) in [6, 6.07) is 18.6. The van der Waals surface area contributed by atoms with Crippen LogP contribution in [0.1, 0.15) is 10.4 Å². The zero-order valence-corrected chi connectivity index (χ0v) is 20.2. The average Bonchev–Trinajstić information content (AvgIpc) is 3.17. The molecule has 4 aromatic rings. The molecule has 0 saturated carbocycles. The zero-order chi connectivity index (χ0) is 24.1. The van der Waals surface area contributed by atoms with Gasteiger partial charge in [-0.25, -0.2) is 4.39 Å². The molecule has 0 radical (unpaired) electrons. The molecule has 34 heavy (non-hydrogen) atoms. The van der Waals surface area contributed by atoms with Crippen LogP contribution in [0.15, 0.2) is 77.8 Å². The van der Waals surface area contributed by atoms with Gasteiger partial charge in [-0.15, -0.1) is 11.8 Å². The summed E-state index contributed by atoms with van der Waals surface area (Å²) in [6.07, 6.45) is 1.95. The maximum Gasteiger partial charge on any atom is 0.252 e. The van der Waals surface area contributed by atoms with E-state index in [1.165, 1.54) is 30.0 Å². The van der Waals surface area contributed by atoms with E-state index in [-0.39, 0.29) is 23.3 Å². The fourth-order valence-electron chi connectivity index (χ4n) is 3.46. The molecule has 9 heteroatoms. The van der Waals surface area contributed by atoms with Crippen molar-refractivity contribution in [2.24, 2.45) is 0 Å². The minimum Gasteiger partial charge on any atom is -0.350 e. The maximum absolute atomic E-state index is 13.8. The summed E-state index contributed by atoms with van der Waals surface area (Å²) in [5, 5.41) is 7.23. The Hall–Kier alpha value is -3.00. The van der Waals surface area contributed by atoms with Crippen molar-refractivity contribution in [3.05, 3.63) is 94.4 Å². The molecule has 4 rings (SSSR count). The number of aromatic nitrogens is 1. The van der Waals surface area contributed by atoms with Gasteiger partial charge in [0.25, 0.3) is 5.91 Å². The number of rotatable bonds is 8. The fourth-order valence-corrected chi connectivity index (χ4v) is 4.85. The molecular weight excluding hydrogens is 496 g/mol. The van der Waals surface area contributed by atoms with Gasteiger partial charge in [0, 0.05) is 40.1 Å². The number of hydrogen-bond donors (Lipinski definition) is 2. The molecule has 0 spiro atoms. The van der Waals surface area contributed by atoms with E-state index in [0.717, 1.165) is 15.8 Å². The highest BCUT2D eigenvalue weighted by atomic mass is 35.5. The standard InChI is InChI=1S/C25H20Cl2FN3O2S/c26-16-9-10-17(19(27)13-16)25(33)29-11-12-31-14-23(18-5-1-4-8-22(18)31)34-15-24(32)30-21-7-3-2-6-20(21)28/h1-10,13-14H,11-12,15H2,(H,29,33)(H,30,32). The number of nitrogens with one attached hydrogen (secondary N) is 2. The Morgan fingerprint density at radius 2 is 1.76 bits per heavy atom. The molecule has 0 bridgehead atoms. The first-order chi connectivity index (χ1) is 16.4. The Labute approximate surface area is 210 Å². The highest BCUT2D eigenvalue weighted by molar-refractivity contribution is 8.00. The minimum atomic E-state index is -0.473. The van der Waals surface area contributed by atoms with Gasteiger partial charge in [0.15, 0.2) is 0 Å². The van der Waals surface area contributed by atoms with Crippen LogP contribution in [0, 0.1) is 5.82 Å². The maximum atomic E-state index is 13.8. The largest absolute Gasteiger partial charge is 0.350 e. The van der Waals surface area contributed by atoms with Gasteiger partial charge in [0.2, 0.25) is 5.91 Å². The van der Waals surface area contributed by atoms with Crippen molar-refractivity contribution < 1.29 is 14.0 Å². The van der Waals surface area contributed by atoms with Gasteiger partial charge in [0.05, 0.1) is 22.0 Å². The van der Waals surface area contributed by atoms with Crippen molar-refractivity contribution in [1.82, 2.24) is 9.88 Å². The van der Waals surface area contributed by atoms with Crippen LogP contribution in [-0.4, -0.2) is 28.7 Å². The van der Waals surface area contributed by atoms with Gasteiger partial charge in [-0.2, -0.15) is 0 Å². The Morgan fingerprint density at radius 3 is 2.56 bits per heavy atom. The molecule has 0 atom stereocenters. The van der Waals surface area contributed by atoms with E-state index < -0.39 is 5.82 Å². The van der Waals surface area contributed by atoms with Gasteiger partial charge in [0.1, 0.15) is 5.82 Å². The van der Waals surface area contributed by atoms with Crippen LogP contribution in [0.25, 0.3) is 10.9 Å². The normalized spacial score (nSPS) is 10.9. The molecule has 0 aliphatic carbocycles. The van der Waals surface area contributed by atoms with Crippen molar-refractivity contribution >= 4 is 63.4 Å². The highest BCUT2D eigenvalue weighted by Crippen LogP contribution is 2.30. The van der Waals surface area contributed by atoms with Crippen LogP contribution < -0.4 is 10.6 Å². The van der Waals surface area contributed by atoms with E-state index in [1.54, 1.807) is 24.3 Å². The van der Waals surface area contributed by atoms with E-state index in [4.69, 9.17) is 23.2 Å². The molecule has 1 heterocycles. The molecule has 3 aromatic carbocycles. The molecule has 0 unspecified atom stereocenters. The third-order valence-electron chi connectivity index (χ3n) is 5.07. The lowest BCUT2D eigenvalue weighted by atomic mass is 10.2. The second-order valence-corrected chi connectivity index (χ2v) is 9.26. The molecule has 5 nitrogen and oxygen atoms in total. The number of halogens is 3. The number of hydrogen-bond acceptors (Lipinski definition) is 3. The second-order valence-electron chi connectivity index (χ2n) is 7.40. The third kappa shape index (κ3) is 5.73. The quantitative estimate of drug-likeness (QED) is 0.272. The van der Waals surface area contributed by atoms with Crippen LogP contribution in [0.4, 0.5) is 10.1 Å². The van der Waals surface area contributed by atoms with Gasteiger partial charge in [-0.05, 0) is 36.4 Å². The smallest absolute Gasteiger partial charge is 0.252 e. The lowest BCUT2D eigenvalue weighted by Gasteiger charge is -2.09. The Balaban J connectivity index is 1.40. The Bertz CT molecular complexity index is 1360. The van der Waals surface area contributed by atoms with E-state index in [2.05, 4.69) is 10.6 Å². The molecule has 0 aliphatic rings. The third-order valence-corrected chi connectivity index (χ3v) is 6.66. The number of thioether (sulfide) groups is 1.